The molecule has 0 atom stereocenters. The SMILES string of the molecule is CN(C)CCOc1nc(Cl)c(Cl)cc1Cl. The zero-order valence-corrected chi connectivity index (χ0v) is 10.7. The van der Waals surface area contributed by atoms with Gasteiger partial charge >= 0.3 is 0 Å². The van der Waals surface area contributed by atoms with E-state index in [-0.39, 0.29) is 5.15 Å². The van der Waals surface area contributed by atoms with Crippen LogP contribution >= 0.6 is 34.8 Å². The number of halogens is 3. The number of hydrogen-bond acceptors (Lipinski definition) is 3. The molecule has 84 valence electrons. The molecule has 0 N–H and O–H groups in total. The van der Waals surface area contributed by atoms with Crippen LogP contribution < -0.4 is 4.74 Å². The van der Waals surface area contributed by atoms with E-state index in [1.54, 1.807) is 0 Å². The minimum Gasteiger partial charge on any atom is -0.475 e. The summed E-state index contributed by atoms with van der Waals surface area (Å²) in [6, 6.07) is 1.52. The highest BCUT2D eigenvalue weighted by molar-refractivity contribution is 6.42. The predicted octanol–water partition coefficient (Wildman–Crippen LogP) is 2.98. The number of nitrogens with zero attached hydrogens (tertiary/aromatic N) is 2. The van der Waals surface area contributed by atoms with Crippen LogP contribution in [-0.4, -0.2) is 37.1 Å². The van der Waals surface area contributed by atoms with Gasteiger partial charge in [-0.2, -0.15) is 4.98 Å². The molecule has 0 saturated carbocycles. The van der Waals surface area contributed by atoms with Gasteiger partial charge in [-0.15, -0.1) is 0 Å². The number of pyridine rings is 1. The first-order valence-electron chi connectivity index (χ1n) is 4.29. The standard InChI is InChI=1S/C9H11Cl3N2O/c1-14(2)3-4-15-9-7(11)5-6(10)8(12)13-9/h5H,3-4H2,1-2H3. The van der Waals surface area contributed by atoms with Crippen LogP contribution in [0.5, 0.6) is 5.88 Å². The van der Waals surface area contributed by atoms with Crippen molar-refractivity contribution < 1.29 is 4.74 Å². The van der Waals surface area contributed by atoms with Gasteiger partial charge in [0.05, 0.1) is 5.02 Å². The van der Waals surface area contributed by atoms with Gasteiger partial charge in [-0.25, -0.2) is 0 Å². The van der Waals surface area contributed by atoms with Gasteiger partial charge in [-0.3, -0.25) is 0 Å². The molecule has 0 aliphatic carbocycles. The number of aromatic nitrogens is 1. The van der Waals surface area contributed by atoms with E-state index in [0.717, 1.165) is 6.54 Å². The lowest BCUT2D eigenvalue weighted by molar-refractivity contribution is 0.254. The van der Waals surface area contributed by atoms with E-state index in [9.17, 15) is 0 Å². The molecule has 0 radical (unpaired) electrons. The largest absolute Gasteiger partial charge is 0.475 e. The summed E-state index contributed by atoms with van der Waals surface area (Å²) in [7, 11) is 3.90. The van der Waals surface area contributed by atoms with Crippen molar-refractivity contribution in [1.29, 1.82) is 0 Å². The first kappa shape index (κ1) is 12.8. The molecule has 0 amide bonds. The Bertz CT molecular complexity index is 344. The third-order valence-electron chi connectivity index (χ3n) is 1.63. The summed E-state index contributed by atoms with van der Waals surface area (Å²) >= 11 is 17.3. The minimum absolute atomic E-state index is 0.195. The van der Waals surface area contributed by atoms with E-state index < -0.39 is 0 Å². The lowest BCUT2D eigenvalue weighted by Gasteiger charge is -2.11. The van der Waals surface area contributed by atoms with E-state index in [1.165, 1.54) is 6.07 Å². The van der Waals surface area contributed by atoms with Gasteiger partial charge in [0.2, 0.25) is 5.88 Å². The van der Waals surface area contributed by atoms with Gasteiger partial charge in [0.25, 0.3) is 0 Å². The molecule has 0 bridgehead atoms. The summed E-state index contributed by atoms with van der Waals surface area (Å²) in [6.45, 7) is 1.27. The average molecular weight is 270 g/mol. The van der Waals surface area contributed by atoms with Crippen molar-refractivity contribution in [2.24, 2.45) is 0 Å². The van der Waals surface area contributed by atoms with Crippen molar-refractivity contribution in [2.75, 3.05) is 27.2 Å². The molecule has 6 heteroatoms. The van der Waals surface area contributed by atoms with Gasteiger partial charge in [0, 0.05) is 6.54 Å². The van der Waals surface area contributed by atoms with Gasteiger partial charge < -0.3 is 9.64 Å². The molecule has 0 aliphatic heterocycles. The Morgan fingerprint density at radius 2 is 1.93 bits per heavy atom. The number of hydrogen-bond donors (Lipinski definition) is 0. The maximum atomic E-state index is 5.87. The lowest BCUT2D eigenvalue weighted by Crippen LogP contribution is -2.19. The van der Waals surface area contributed by atoms with Crippen LogP contribution in [0.4, 0.5) is 0 Å². The van der Waals surface area contributed by atoms with E-state index >= 15 is 0 Å². The highest BCUT2D eigenvalue weighted by Gasteiger charge is 2.08. The van der Waals surface area contributed by atoms with Crippen LogP contribution in [0, 0.1) is 0 Å². The summed E-state index contributed by atoms with van der Waals surface area (Å²) < 4.78 is 5.36. The number of likely N-dealkylation sites (N-methyl/N-ethyl adjacent to an activating group) is 1. The van der Waals surface area contributed by atoms with E-state index in [1.807, 2.05) is 19.0 Å². The quantitative estimate of drug-likeness (QED) is 0.786. The zero-order valence-electron chi connectivity index (χ0n) is 8.43. The molecule has 3 nitrogen and oxygen atoms in total. The molecular weight excluding hydrogens is 258 g/mol. The molecule has 1 aromatic rings. The van der Waals surface area contributed by atoms with Crippen molar-refractivity contribution in [2.45, 2.75) is 0 Å². The van der Waals surface area contributed by atoms with Crippen LogP contribution in [0.15, 0.2) is 6.07 Å². The van der Waals surface area contributed by atoms with Crippen LogP contribution in [0.3, 0.4) is 0 Å². The third kappa shape index (κ3) is 4.03. The highest BCUT2D eigenvalue weighted by Crippen LogP contribution is 2.30. The summed E-state index contributed by atoms with van der Waals surface area (Å²) in [6.07, 6.45) is 0. The normalized spacial score (nSPS) is 10.8. The molecule has 1 rings (SSSR count). The summed E-state index contributed by atoms with van der Waals surface area (Å²) in [4.78, 5) is 5.92. The summed E-state index contributed by atoms with van der Waals surface area (Å²) in [5.74, 6) is 0.313. The maximum Gasteiger partial charge on any atom is 0.234 e. The Morgan fingerprint density at radius 3 is 2.53 bits per heavy atom. The highest BCUT2D eigenvalue weighted by atomic mass is 35.5. The van der Waals surface area contributed by atoms with Crippen LogP contribution in [0.2, 0.25) is 15.2 Å². The smallest absolute Gasteiger partial charge is 0.234 e. The predicted molar refractivity (Wildman–Crippen MR) is 63.3 cm³/mol. The summed E-state index contributed by atoms with van der Waals surface area (Å²) in [5.41, 5.74) is 0. The number of ether oxygens (including phenoxy) is 1. The number of rotatable bonds is 4. The molecule has 0 saturated heterocycles. The van der Waals surface area contributed by atoms with Crippen LogP contribution in [0.25, 0.3) is 0 Å². The van der Waals surface area contributed by atoms with Crippen molar-refractivity contribution in [3.63, 3.8) is 0 Å². The van der Waals surface area contributed by atoms with Crippen LogP contribution in [0.1, 0.15) is 0 Å². The first-order chi connectivity index (χ1) is 7.00. The third-order valence-corrected chi connectivity index (χ3v) is 2.58. The molecule has 0 spiro atoms. The second-order valence-electron chi connectivity index (χ2n) is 3.20. The average Bonchev–Trinajstić information content (AvgIpc) is 2.13. The minimum atomic E-state index is 0.195. The Kier molecular flexibility index (Phi) is 4.93. The van der Waals surface area contributed by atoms with Crippen molar-refractivity contribution in [3.05, 3.63) is 21.3 Å². The fourth-order valence-corrected chi connectivity index (χ4v) is 1.40. The fourth-order valence-electron chi connectivity index (χ4n) is 0.855. The van der Waals surface area contributed by atoms with E-state index in [2.05, 4.69) is 4.98 Å². The molecule has 1 aromatic heterocycles. The van der Waals surface area contributed by atoms with Crippen molar-refractivity contribution >= 4 is 34.8 Å². The summed E-state index contributed by atoms with van der Waals surface area (Å²) in [5, 5.41) is 0.880. The zero-order chi connectivity index (χ0) is 11.4. The molecule has 1 heterocycles. The molecule has 0 fully saturated rings. The monoisotopic (exact) mass is 268 g/mol. The first-order valence-corrected chi connectivity index (χ1v) is 5.43. The maximum absolute atomic E-state index is 5.87. The van der Waals surface area contributed by atoms with Gasteiger partial charge in [-0.1, -0.05) is 34.8 Å². The Hall–Kier alpha value is -0.220. The Labute approximate surface area is 104 Å². The van der Waals surface area contributed by atoms with E-state index in [0.29, 0.717) is 22.5 Å². The van der Waals surface area contributed by atoms with Crippen molar-refractivity contribution in [3.8, 4) is 5.88 Å². The molecule has 0 aliphatic rings. The van der Waals surface area contributed by atoms with Gasteiger partial charge in [0.15, 0.2) is 5.15 Å². The molecule has 15 heavy (non-hydrogen) atoms. The molecule has 0 unspecified atom stereocenters. The topological polar surface area (TPSA) is 25.4 Å². The van der Waals surface area contributed by atoms with Gasteiger partial charge in [0.1, 0.15) is 11.6 Å². The Balaban J connectivity index is 2.65. The molecule has 0 aromatic carbocycles. The lowest BCUT2D eigenvalue weighted by atomic mass is 10.5. The van der Waals surface area contributed by atoms with Crippen LogP contribution in [-0.2, 0) is 0 Å². The second kappa shape index (κ2) is 5.75. The van der Waals surface area contributed by atoms with Gasteiger partial charge in [-0.05, 0) is 20.2 Å². The Morgan fingerprint density at radius 1 is 1.27 bits per heavy atom. The fraction of sp³-hybridized carbons (Fsp3) is 0.444. The molecular formula is C9H11Cl3N2O. The van der Waals surface area contributed by atoms with Crippen molar-refractivity contribution in [1.82, 2.24) is 9.88 Å². The second-order valence-corrected chi connectivity index (χ2v) is 4.37. The van der Waals surface area contributed by atoms with E-state index in [4.69, 9.17) is 39.5 Å².